The molecule has 0 atom stereocenters. The molecular weight excluding hydrogens is 272 g/mol. The van der Waals surface area contributed by atoms with Gasteiger partial charge in [0.25, 0.3) is 0 Å². The zero-order valence-electron chi connectivity index (χ0n) is 8.35. The van der Waals surface area contributed by atoms with Gasteiger partial charge in [0.05, 0.1) is 11.8 Å². The smallest absolute Gasteiger partial charge is 0.335 e. The summed E-state index contributed by atoms with van der Waals surface area (Å²) < 4.78 is 2.88. The lowest BCUT2D eigenvalue weighted by Crippen LogP contribution is -2.35. The molecule has 16 heavy (non-hydrogen) atoms. The van der Waals surface area contributed by atoms with Gasteiger partial charge in [-0.2, -0.15) is 5.10 Å². The third-order valence-electron chi connectivity index (χ3n) is 2.20. The lowest BCUT2D eigenvalue weighted by molar-refractivity contribution is -0.742. The number of benzene rings is 1. The van der Waals surface area contributed by atoms with E-state index in [1.807, 2.05) is 29.2 Å². The molecular formula is C11H10BrN2O2+. The van der Waals surface area contributed by atoms with Crippen molar-refractivity contribution in [3.05, 3.63) is 52.3 Å². The molecule has 0 amide bonds. The Morgan fingerprint density at radius 2 is 2.06 bits per heavy atom. The van der Waals surface area contributed by atoms with E-state index < -0.39 is 5.97 Å². The third kappa shape index (κ3) is 2.49. The van der Waals surface area contributed by atoms with Crippen LogP contribution in [0.1, 0.15) is 15.9 Å². The molecule has 0 aliphatic carbocycles. The Morgan fingerprint density at radius 1 is 1.38 bits per heavy atom. The number of carboxylic acid groups (broad SMARTS) is 1. The molecule has 5 heteroatoms. The van der Waals surface area contributed by atoms with Gasteiger partial charge in [-0.3, -0.25) is 0 Å². The number of nitrogens with one attached hydrogen (secondary N) is 1. The molecule has 0 fully saturated rings. The van der Waals surface area contributed by atoms with Crippen molar-refractivity contribution in [1.29, 1.82) is 0 Å². The van der Waals surface area contributed by atoms with Gasteiger partial charge < -0.3 is 5.11 Å². The van der Waals surface area contributed by atoms with Gasteiger partial charge in [-0.05, 0) is 28.1 Å². The highest BCUT2D eigenvalue weighted by molar-refractivity contribution is 9.10. The zero-order chi connectivity index (χ0) is 11.5. The highest BCUT2D eigenvalue weighted by Crippen LogP contribution is 2.06. The van der Waals surface area contributed by atoms with Gasteiger partial charge >= 0.3 is 5.97 Å². The minimum absolute atomic E-state index is 0.307. The summed E-state index contributed by atoms with van der Waals surface area (Å²) in [4.78, 5) is 10.7. The van der Waals surface area contributed by atoms with Crippen molar-refractivity contribution >= 4 is 21.9 Å². The maximum absolute atomic E-state index is 10.7. The lowest BCUT2D eigenvalue weighted by atomic mass is 10.1. The monoisotopic (exact) mass is 281 g/mol. The Balaban J connectivity index is 2.14. The Kier molecular flexibility index (Phi) is 3.05. The molecule has 2 aromatic rings. The Labute approximate surface area is 101 Å². The fraction of sp³-hybridized carbons (Fsp3) is 0.0909. The van der Waals surface area contributed by atoms with E-state index in [0.29, 0.717) is 12.1 Å². The predicted molar refractivity (Wildman–Crippen MR) is 61.2 cm³/mol. The number of H-pyrrole nitrogens is 1. The van der Waals surface area contributed by atoms with Gasteiger partial charge in [-0.1, -0.05) is 12.1 Å². The SMILES string of the molecule is O=C(O)c1ccc(C[n+]2cc(Br)c[nH]2)cc1. The van der Waals surface area contributed by atoms with E-state index in [0.717, 1.165) is 10.0 Å². The van der Waals surface area contributed by atoms with E-state index in [2.05, 4.69) is 21.0 Å². The molecule has 82 valence electrons. The van der Waals surface area contributed by atoms with Crippen LogP contribution in [0.5, 0.6) is 0 Å². The first-order valence-corrected chi connectivity index (χ1v) is 5.50. The highest BCUT2D eigenvalue weighted by atomic mass is 79.9. The molecule has 0 spiro atoms. The number of halogens is 1. The average molecular weight is 282 g/mol. The summed E-state index contributed by atoms with van der Waals surface area (Å²) in [5, 5.41) is 11.8. The second-order valence-corrected chi connectivity index (χ2v) is 4.33. The number of aromatic amines is 1. The van der Waals surface area contributed by atoms with Gasteiger partial charge in [0.2, 0.25) is 6.20 Å². The van der Waals surface area contributed by atoms with Gasteiger partial charge in [-0.25, -0.2) is 4.79 Å². The van der Waals surface area contributed by atoms with Crippen LogP contribution in [-0.4, -0.2) is 16.2 Å². The van der Waals surface area contributed by atoms with E-state index in [1.165, 1.54) is 0 Å². The van der Waals surface area contributed by atoms with Crippen molar-refractivity contribution < 1.29 is 14.6 Å². The summed E-state index contributed by atoms with van der Waals surface area (Å²) in [5.41, 5.74) is 1.35. The summed E-state index contributed by atoms with van der Waals surface area (Å²) in [6.07, 6.45) is 3.76. The van der Waals surface area contributed by atoms with Crippen LogP contribution in [0.4, 0.5) is 0 Å². The normalized spacial score (nSPS) is 10.3. The fourth-order valence-corrected chi connectivity index (χ4v) is 1.76. The van der Waals surface area contributed by atoms with Crippen molar-refractivity contribution in [2.45, 2.75) is 6.54 Å². The molecule has 2 rings (SSSR count). The number of nitrogens with zero attached hydrogens (tertiary/aromatic N) is 1. The van der Waals surface area contributed by atoms with Crippen LogP contribution < -0.4 is 4.68 Å². The van der Waals surface area contributed by atoms with E-state index in [-0.39, 0.29) is 0 Å². The van der Waals surface area contributed by atoms with Gasteiger partial charge in [0.15, 0.2) is 6.54 Å². The van der Waals surface area contributed by atoms with E-state index >= 15 is 0 Å². The molecule has 0 saturated carbocycles. The molecule has 2 N–H and O–H groups in total. The second kappa shape index (κ2) is 4.49. The van der Waals surface area contributed by atoms with Crippen molar-refractivity contribution in [1.82, 2.24) is 5.10 Å². The number of carboxylic acids is 1. The first-order chi connectivity index (χ1) is 7.65. The topological polar surface area (TPSA) is 57.0 Å². The van der Waals surface area contributed by atoms with Crippen LogP contribution >= 0.6 is 15.9 Å². The van der Waals surface area contributed by atoms with Crippen molar-refractivity contribution in [2.24, 2.45) is 0 Å². The van der Waals surface area contributed by atoms with E-state index in [4.69, 9.17) is 5.11 Å². The first kappa shape index (κ1) is 10.9. The maximum Gasteiger partial charge on any atom is 0.335 e. The molecule has 4 nitrogen and oxygen atoms in total. The van der Waals surface area contributed by atoms with Crippen LogP contribution in [-0.2, 0) is 6.54 Å². The van der Waals surface area contributed by atoms with E-state index in [1.54, 1.807) is 12.1 Å². The number of rotatable bonds is 3. The molecule has 1 aromatic heterocycles. The molecule has 0 bridgehead atoms. The minimum atomic E-state index is -0.901. The quantitative estimate of drug-likeness (QED) is 0.843. The van der Waals surface area contributed by atoms with Gasteiger partial charge in [-0.15, -0.1) is 4.68 Å². The number of hydrogen-bond acceptors (Lipinski definition) is 1. The number of carbonyl (C=O) groups is 1. The lowest BCUT2D eigenvalue weighted by Gasteiger charge is -1.96. The number of aromatic carboxylic acids is 1. The van der Waals surface area contributed by atoms with E-state index in [9.17, 15) is 4.79 Å². The maximum atomic E-state index is 10.7. The molecule has 0 aliphatic rings. The standard InChI is InChI=1S/C11H9BrN2O2/c12-10-5-13-14(7-10)6-8-1-3-9(4-2-8)11(15)16/h1-5,7H,6H2,(H,15,16)/p+1. The van der Waals surface area contributed by atoms with Crippen LogP contribution in [0.3, 0.4) is 0 Å². The van der Waals surface area contributed by atoms with Crippen molar-refractivity contribution in [2.75, 3.05) is 0 Å². The summed E-state index contributed by atoms with van der Waals surface area (Å²) in [6, 6.07) is 6.84. The molecule has 1 aromatic carbocycles. The zero-order valence-corrected chi connectivity index (χ0v) is 9.94. The largest absolute Gasteiger partial charge is 0.478 e. The highest BCUT2D eigenvalue weighted by Gasteiger charge is 2.07. The third-order valence-corrected chi connectivity index (χ3v) is 2.63. The summed E-state index contributed by atoms with van der Waals surface area (Å²) in [5.74, 6) is -0.901. The molecule has 0 unspecified atom stereocenters. The van der Waals surface area contributed by atoms with Crippen LogP contribution in [0.25, 0.3) is 0 Å². The molecule has 0 radical (unpaired) electrons. The molecule has 0 aliphatic heterocycles. The molecule has 1 heterocycles. The second-order valence-electron chi connectivity index (χ2n) is 3.42. The number of aromatic nitrogens is 2. The molecule has 0 saturated heterocycles. The average Bonchev–Trinajstić information content (AvgIpc) is 2.65. The van der Waals surface area contributed by atoms with Gasteiger partial charge in [0.1, 0.15) is 4.47 Å². The fourth-order valence-electron chi connectivity index (χ4n) is 1.41. The van der Waals surface area contributed by atoms with Crippen LogP contribution in [0, 0.1) is 0 Å². The summed E-state index contributed by atoms with van der Waals surface area (Å²) >= 11 is 3.35. The summed E-state index contributed by atoms with van der Waals surface area (Å²) in [6.45, 7) is 0.686. The first-order valence-electron chi connectivity index (χ1n) is 4.71. The van der Waals surface area contributed by atoms with Crippen molar-refractivity contribution in [3.63, 3.8) is 0 Å². The Hall–Kier alpha value is -1.62. The predicted octanol–water partition coefficient (Wildman–Crippen LogP) is 1.81. The number of hydrogen-bond donors (Lipinski definition) is 2. The minimum Gasteiger partial charge on any atom is -0.478 e. The van der Waals surface area contributed by atoms with Crippen LogP contribution in [0.15, 0.2) is 41.1 Å². The Morgan fingerprint density at radius 3 is 2.56 bits per heavy atom. The Bertz CT molecular complexity index is 505. The van der Waals surface area contributed by atoms with Crippen LogP contribution in [0.2, 0.25) is 0 Å². The van der Waals surface area contributed by atoms with Crippen molar-refractivity contribution in [3.8, 4) is 0 Å². The van der Waals surface area contributed by atoms with Gasteiger partial charge in [0, 0.05) is 5.56 Å². The summed E-state index contributed by atoms with van der Waals surface area (Å²) in [7, 11) is 0.